The summed E-state index contributed by atoms with van der Waals surface area (Å²) < 4.78 is 20.2. The maximum atomic E-state index is 13.1. The third kappa shape index (κ3) is 5.42. The molecule has 0 radical (unpaired) electrons. The smallest absolute Gasteiger partial charge is 0.175 e. The molecule has 0 saturated heterocycles. The fourth-order valence-electron chi connectivity index (χ4n) is 2.43. The fraction of sp³-hybridized carbons (Fsp3) is 0.158. The maximum Gasteiger partial charge on any atom is 0.175 e. The molecule has 0 amide bonds. The van der Waals surface area contributed by atoms with Crippen LogP contribution < -0.4 is 15.4 Å². The van der Waals surface area contributed by atoms with Crippen LogP contribution in [-0.2, 0) is 6.54 Å². The van der Waals surface area contributed by atoms with Crippen molar-refractivity contribution in [2.75, 3.05) is 17.2 Å². The Labute approximate surface area is 167 Å². The molecule has 0 saturated carbocycles. The molecule has 2 aromatic carbocycles. The zero-order chi connectivity index (χ0) is 19.2. The largest absolute Gasteiger partial charge is 0.494 e. The van der Waals surface area contributed by atoms with Gasteiger partial charge in [-0.05, 0) is 61.1 Å². The van der Waals surface area contributed by atoms with Crippen LogP contribution in [0.4, 0.5) is 15.8 Å². The average molecular weight is 405 g/mol. The minimum Gasteiger partial charge on any atom is -0.494 e. The SMILES string of the molecule is CCOc1ccc(NC(=S)Nc2cnn(Cc3ccc(F)cc3Cl)c2)cc1. The van der Waals surface area contributed by atoms with E-state index >= 15 is 0 Å². The number of ether oxygens (including phenoxy) is 1. The van der Waals surface area contributed by atoms with Crippen molar-refractivity contribution < 1.29 is 9.13 Å². The molecule has 0 unspecified atom stereocenters. The second kappa shape index (κ2) is 8.83. The molecule has 0 aliphatic carbocycles. The predicted molar refractivity (Wildman–Crippen MR) is 110 cm³/mol. The quantitative estimate of drug-likeness (QED) is 0.570. The summed E-state index contributed by atoms with van der Waals surface area (Å²) in [6, 6.07) is 11.8. The van der Waals surface area contributed by atoms with E-state index in [-0.39, 0.29) is 5.82 Å². The summed E-state index contributed by atoms with van der Waals surface area (Å²) in [5, 5.41) is 11.2. The third-order valence-corrected chi connectivity index (χ3v) is 4.22. The Balaban J connectivity index is 1.57. The summed E-state index contributed by atoms with van der Waals surface area (Å²) in [7, 11) is 0. The van der Waals surface area contributed by atoms with Crippen LogP contribution in [0.25, 0.3) is 0 Å². The lowest BCUT2D eigenvalue weighted by Crippen LogP contribution is -2.18. The number of benzene rings is 2. The van der Waals surface area contributed by atoms with Crippen molar-refractivity contribution >= 4 is 40.3 Å². The number of halogens is 2. The lowest BCUT2D eigenvalue weighted by Gasteiger charge is -2.10. The van der Waals surface area contributed by atoms with Gasteiger partial charge >= 0.3 is 0 Å². The van der Waals surface area contributed by atoms with Crippen LogP contribution in [-0.4, -0.2) is 21.5 Å². The van der Waals surface area contributed by atoms with Crippen LogP contribution in [0.2, 0.25) is 5.02 Å². The number of hydrogen-bond acceptors (Lipinski definition) is 3. The second-order valence-electron chi connectivity index (χ2n) is 5.70. The first-order chi connectivity index (χ1) is 13.0. The van der Waals surface area contributed by atoms with Gasteiger partial charge in [0.15, 0.2) is 5.11 Å². The van der Waals surface area contributed by atoms with Gasteiger partial charge < -0.3 is 15.4 Å². The number of anilines is 2. The molecule has 1 aromatic heterocycles. The minimum atomic E-state index is -0.364. The summed E-state index contributed by atoms with van der Waals surface area (Å²) in [6.07, 6.45) is 3.45. The highest BCUT2D eigenvalue weighted by molar-refractivity contribution is 7.80. The van der Waals surface area contributed by atoms with E-state index in [4.69, 9.17) is 28.6 Å². The number of nitrogens with zero attached hydrogens (tertiary/aromatic N) is 2. The summed E-state index contributed by atoms with van der Waals surface area (Å²) in [4.78, 5) is 0. The Kier molecular flexibility index (Phi) is 6.26. The number of thiocarbonyl (C=S) groups is 1. The van der Waals surface area contributed by atoms with Gasteiger partial charge in [0.2, 0.25) is 0 Å². The molecule has 0 aliphatic rings. The van der Waals surface area contributed by atoms with Crippen LogP contribution in [0.15, 0.2) is 54.9 Å². The van der Waals surface area contributed by atoms with Crippen molar-refractivity contribution in [1.82, 2.24) is 9.78 Å². The number of rotatable bonds is 6. The van der Waals surface area contributed by atoms with Crippen molar-refractivity contribution in [3.8, 4) is 5.75 Å². The number of aromatic nitrogens is 2. The zero-order valence-electron chi connectivity index (χ0n) is 14.6. The first-order valence-electron chi connectivity index (χ1n) is 8.30. The highest BCUT2D eigenvalue weighted by Crippen LogP contribution is 2.19. The monoisotopic (exact) mass is 404 g/mol. The van der Waals surface area contributed by atoms with Gasteiger partial charge in [-0.1, -0.05) is 17.7 Å². The van der Waals surface area contributed by atoms with Crippen LogP contribution in [0.5, 0.6) is 5.75 Å². The van der Waals surface area contributed by atoms with Gasteiger partial charge in [0.1, 0.15) is 11.6 Å². The van der Waals surface area contributed by atoms with E-state index in [0.29, 0.717) is 23.3 Å². The van der Waals surface area contributed by atoms with E-state index < -0.39 is 0 Å². The minimum absolute atomic E-state index is 0.364. The van der Waals surface area contributed by atoms with Crippen LogP contribution in [0.3, 0.4) is 0 Å². The fourth-order valence-corrected chi connectivity index (χ4v) is 2.90. The summed E-state index contributed by atoms with van der Waals surface area (Å²) in [5.74, 6) is 0.444. The number of nitrogens with one attached hydrogen (secondary N) is 2. The van der Waals surface area contributed by atoms with Crippen LogP contribution in [0.1, 0.15) is 12.5 Å². The molecular formula is C19H18ClFN4OS. The van der Waals surface area contributed by atoms with E-state index in [9.17, 15) is 4.39 Å². The van der Waals surface area contributed by atoms with Crippen LogP contribution >= 0.6 is 23.8 Å². The molecule has 0 fully saturated rings. The molecule has 8 heteroatoms. The molecule has 3 aromatic rings. The van der Waals surface area contributed by atoms with E-state index in [1.807, 2.05) is 31.2 Å². The maximum absolute atomic E-state index is 13.1. The summed E-state index contributed by atoms with van der Waals surface area (Å²) in [5.41, 5.74) is 2.36. The molecule has 0 aliphatic heterocycles. The summed E-state index contributed by atoms with van der Waals surface area (Å²) in [6.45, 7) is 3.00. The van der Waals surface area contributed by atoms with E-state index in [1.165, 1.54) is 12.1 Å². The third-order valence-electron chi connectivity index (χ3n) is 3.66. The molecular weight excluding hydrogens is 387 g/mol. The molecule has 2 N–H and O–H groups in total. The molecule has 140 valence electrons. The van der Waals surface area contributed by atoms with Crippen molar-refractivity contribution in [2.45, 2.75) is 13.5 Å². The zero-order valence-corrected chi connectivity index (χ0v) is 16.1. The Hall–Kier alpha value is -2.64. The molecule has 1 heterocycles. The molecule has 3 rings (SSSR count). The Morgan fingerprint density at radius 1 is 1.19 bits per heavy atom. The van der Waals surface area contributed by atoms with Gasteiger partial charge in [0.25, 0.3) is 0 Å². The van der Waals surface area contributed by atoms with Crippen molar-refractivity contribution in [1.29, 1.82) is 0 Å². The normalized spacial score (nSPS) is 10.5. The van der Waals surface area contributed by atoms with Gasteiger partial charge in [-0.25, -0.2) is 4.39 Å². The molecule has 27 heavy (non-hydrogen) atoms. The Morgan fingerprint density at radius 2 is 1.93 bits per heavy atom. The van der Waals surface area contributed by atoms with Gasteiger partial charge in [-0.2, -0.15) is 5.10 Å². The number of hydrogen-bond donors (Lipinski definition) is 2. The predicted octanol–water partition coefficient (Wildman–Crippen LogP) is 4.93. The van der Waals surface area contributed by atoms with E-state index in [0.717, 1.165) is 22.7 Å². The molecule has 5 nitrogen and oxygen atoms in total. The van der Waals surface area contributed by atoms with Crippen molar-refractivity contribution in [3.63, 3.8) is 0 Å². The molecule has 0 bridgehead atoms. The molecule has 0 spiro atoms. The van der Waals surface area contributed by atoms with Gasteiger partial charge in [0, 0.05) is 16.9 Å². The standard InChI is InChI=1S/C19H18ClFN4OS/c1-2-26-17-7-5-15(6-8-17)23-19(27)24-16-10-22-25(12-16)11-13-3-4-14(21)9-18(13)20/h3-10,12H,2,11H2,1H3,(H2,23,24,27). The Bertz CT molecular complexity index is 930. The highest BCUT2D eigenvalue weighted by Gasteiger charge is 2.06. The van der Waals surface area contributed by atoms with E-state index in [2.05, 4.69) is 15.7 Å². The van der Waals surface area contributed by atoms with Gasteiger partial charge in [-0.3, -0.25) is 4.68 Å². The Morgan fingerprint density at radius 3 is 2.63 bits per heavy atom. The first-order valence-corrected chi connectivity index (χ1v) is 9.09. The van der Waals surface area contributed by atoms with Crippen LogP contribution in [0, 0.1) is 5.82 Å². The second-order valence-corrected chi connectivity index (χ2v) is 6.51. The van der Waals surface area contributed by atoms with E-state index in [1.54, 1.807) is 23.1 Å². The van der Waals surface area contributed by atoms with Crippen molar-refractivity contribution in [2.24, 2.45) is 0 Å². The lowest BCUT2D eigenvalue weighted by molar-refractivity contribution is 0.340. The average Bonchev–Trinajstić information content (AvgIpc) is 3.06. The summed E-state index contributed by atoms with van der Waals surface area (Å²) >= 11 is 11.4. The van der Waals surface area contributed by atoms with Gasteiger partial charge in [0.05, 0.1) is 25.0 Å². The lowest BCUT2D eigenvalue weighted by atomic mass is 10.2. The topological polar surface area (TPSA) is 51.1 Å². The first kappa shape index (κ1) is 19.1. The van der Waals surface area contributed by atoms with Crippen molar-refractivity contribution in [3.05, 3.63) is 71.3 Å². The van der Waals surface area contributed by atoms with Gasteiger partial charge in [-0.15, -0.1) is 0 Å². The highest BCUT2D eigenvalue weighted by atomic mass is 35.5. The molecule has 0 atom stereocenters.